The molecule has 0 unspecified atom stereocenters. The molecular formula is C24H22N2OS. The van der Waals surface area contributed by atoms with Crippen molar-refractivity contribution in [2.75, 3.05) is 4.90 Å². The van der Waals surface area contributed by atoms with Crippen LogP contribution in [0.25, 0.3) is 10.2 Å². The molecule has 0 fully saturated rings. The van der Waals surface area contributed by atoms with Crippen LogP contribution in [0.5, 0.6) is 0 Å². The maximum atomic E-state index is 13.5. The highest BCUT2D eigenvalue weighted by Crippen LogP contribution is 2.31. The van der Waals surface area contributed by atoms with Gasteiger partial charge in [0.25, 0.3) is 5.91 Å². The van der Waals surface area contributed by atoms with Gasteiger partial charge in [0, 0.05) is 5.56 Å². The maximum absolute atomic E-state index is 13.5. The van der Waals surface area contributed by atoms with Crippen LogP contribution in [-0.4, -0.2) is 10.9 Å². The van der Waals surface area contributed by atoms with E-state index in [0.717, 1.165) is 32.0 Å². The molecule has 4 aromatic rings. The molecule has 4 heteroatoms. The van der Waals surface area contributed by atoms with Crippen molar-refractivity contribution in [2.24, 2.45) is 0 Å². The number of benzene rings is 3. The second-order valence-corrected chi connectivity index (χ2v) is 8.23. The number of rotatable bonds is 4. The molecule has 3 nitrogen and oxygen atoms in total. The number of hydrogen-bond acceptors (Lipinski definition) is 3. The Hall–Kier alpha value is -2.98. The van der Waals surface area contributed by atoms with Crippen LogP contribution < -0.4 is 4.90 Å². The van der Waals surface area contributed by atoms with Crippen molar-refractivity contribution in [3.05, 3.63) is 94.5 Å². The van der Waals surface area contributed by atoms with Crippen LogP contribution in [0.2, 0.25) is 0 Å². The molecule has 1 aromatic heterocycles. The molecule has 0 N–H and O–H groups in total. The molecule has 1 amide bonds. The topological polar surface area (TPSA) is 33.2 Å². The van der Waals surface area contributed by atoms with E-state index in [4.69, 9.17) is 4.98 Å². The fourth-order valence-electron chi connectivity index (χ4n) is 3.38. The van der Waals surface area contributed by atoms with E-state index in [1.165, 1.54) is 5.56 Å². The van der Waals surface area contributed by atoms with Crippen LogP contribution in [0.15, 0.2) is 66.7 Å². The van der Waals surface area contributed by atoms with Gasteiger partial charge in [0.15, 0.2) is 5.13 Å². The van der Waals surface area contributed by atoms with Crippen LogP contribution >= 0.6 is 11.3 Å². The highest BCUT2D eigenvalue weighted by atomic mass is 32.1. The third-order valence-electron chi connectivity index (χ3n) is 4.66. The van der Waals surface area contributed by atoms with Gasteiger partial charge in [-0.2, -0.15) is 0 Å². The Morgan fingerprint density at radius 1 is 0.893 bits per heavy atom. The van der Waals surface area contributed by atoms with Crippen LogP contribution in [-0.2, 0) is 6.54 Å². The van der Waals surface area contributed by atoms with E-state index >= 15 is 0 Å². The molecule has 3 aromatic carbocycles. The Morgan fingerprint density at radius 2 is 1.61 bits per heavy atom. The number of thiazole rings is 1. The second kappa shape index (κ2) is 7.56. The Morgan fingerprint density at radius 3 is 2.32 bits per heavy atom. The predicted octanol–water partition coefficient (Wildman–Crippen LogP) is 6.07. The third-order valence-corrected chi connectivity index (χ3v) is 5.70. The lowest BCUT2D eigenvalue weighted by Gasteiger charge is -2.20. The summed E-state index contributed by atoms with van der Waals surface area (Å²) in [6, 6.07) is 22.2. The predicted molar refractivity (Wildman–Crippen MR) is 117 cm³/mol. The lowest BCUT2D eigenvalue weighted by Crippen LogP contribution is -2.30. The average Bonchev–Trinajstić information content (AvgIpc) is 3.08. The molecule has 0 saturated heterocycles. The van der Waals surface area contributed by atoms with Gasteiger partial charge in [-0.05, 0) is 56.2 Å². The molecule has 0 saturated carbocycles. The number of nitrogens with zero attached hydrogens (tertiary/aromatic N) is 2. The SMILES string of the molecule is Cc1cc(C)cc(C(=O)N(Cc2ccccc2)c2nc3ccc(C)cc3s2)c1. The Balaban J connectivity index is 1.79. The summed E-state index contributed by atoms with van der Waals surface area (Å²) in [5.74, 6) is -0.0218. The summed E-state index contributed by atoms with van der Waals surface area (Å²) >= 11 is 1.56. The molecule has 1 heterocycles. The average molecular weight is 387 g/mol. The number of carbonyl (C=O) groups excluding carboxylic acids is 1. The van der Waals surface area contributed by atoms with E-state index < -0.39 is 0 Å². The van der Waals surface area contributed by atoms with E-state index in [1.807, 2.05) is 62.4 Å². The normalized spacial score (nSPS) is 11.0. The Labute approximate surface area is 169 Å². The number of anilines is 1. The van der Waals surface area contributed by atoms with Crippen LogP contribution in [0.3, 0.4) is 0 Å². The van der Waals surface area contributed by atoms with Gasteiger partial charge in [-0.25, -0.2) is 4.98 Å². The second-order valence-electron chi connectivity index (χ2n) is 7.22. The summed E-state index contributed by atoms with van der Waals surface area (Å²) in [7, 11) is 0. The van der Waals surface area contributed by atoms with Crippen LogP contribution in [0.4, 0.5) is 5.13 Å². The standard InChI is InChI=1S/C24H22N2OS/c1-16-9-10-21-22(14-16)28-24(25-21)26(15-19-7-5-4-6-8-19)23(27)20-12-17(2)11-18(3)13-20/h4-14H,15H2,1-3H3. The molecule has 140 valence electrons. The van der Waals surface area contributed by atoms with Crippen molar-refractivity contribution in [3.8, 4) is 0 Å². The van der Waals surface area contributed by atoms with Gasteiger partial charge in [0.2, 0.25) is 0 Å². The molecule has 0 aliphatic carbocycles. The number of hydrogen-bond donors (Lipinski definition) is 0. The van der Waals surface area contributed by atoms with E-state index in [9.17, 15) is 4.79 Å². The minimum atomic E-state index is -0.0218. The molecule has 0 aliphatic rings. The first kappa shape index (κ1) is 18.4. The first-order valence-electron chi connectivity index (χ1n) is 9.31. The number of aromatic nitrogens is 1. The minimum absolute atomic E-state index is 0.0218. The van der Waals surface area contributed by atoms with E-state index in [1.54, 1.807) is 16.2 Å². The number of aryl methyl sites for hydroxylation is 3. The lowest BCUT2D eigenvalue weighted by atomic mass is 10.1. The Bertz CT molecular complexity index is 1130. The highest BCUT2D eigenvalue weighted by molar-refractivity contribution is 7.22. The van der Waals surface area contributed by atoms with Crippen molar-refractivity contribution < 1.29 is 4.79 Å². The highest BCUT2D eigenvalue weighted by Gasteiger charge is 2.22. The van der Waals surface area contributed by atoms with Gasteiger partial charge in [-0.1, -0.05) is 64.9 Å². The first-order valence-corrected chi connectivity index (χ1v) is 10.1. The van der Waals surface area contributed by atoms with E-state index in [2.05, 4.69) is 25.1 Å². The quantitative estimate of drug-likeness (QED) is 0.426. The van der Waals surface area contributed by atoms with Gasteiger partial charge >= 0.3 is 0 Å². The first-order chi connectivity index (χ1) is 13.5. The number of fused-ring (bicyclic) bond motifs is 1. The van der Waals surface area contributed by atoms with Crippen molar-refractivity contribution in [3.63, 3.8) is 0 Å². The molecular weight excluding hydrogens is 364 g/mol. The number of amides is 1. The molecule has 4 rings (SSSR count). The van der Waals surface area contributed by atoms with Gasteiger partial charge in [0.1, 0.15) is 0 Å². The summed E-state index contributed by atoms with van der Waals surface area (Å²) in [6.07, 6.45) is 0. The van der Waals surface area contributed by atoms with Gasteiger partial charge in [0.05, 0.1) is 16.8 Å². The molecule has 28 heavy (non-hydrogen) atoms. The van der Waals surface area contributed by atoms with E-state index in [-0.39, 0.29) is 5.91 Å². The monoisotopic (exact) mass is 386 g/mol. The van der Waals surface area contributed by atoms with E-state index in [0.29, 0.717) is 12.1 Å². The lowest BCUT2D eigenvalue weighted by molar-refractivity contribution is 0.0985. The maximum Gasteiger partial charge on any atom is 0.260 e. The fraction of sp³-hybridized carbons (Fsp3) is 0.167. The fourth-order valence-corrected chi connectivity index (χ4v) is 4.44. The summed E-state index contributed by atoms with van der Waals surface area (Å²) in [6.45, 7) is 6.60. The molecule has 0 aliphatic heterocycles. The van der Waals surface area contributed by atoms with Crippen molar-refractivity contribution in [1.82, 2.24) is 4.98 Å². The molecule has 0 atom stereocenters. The molecule has 0 radical (unpaired) electrons. The zero-order valence-electron chi connectivity index (χ0n) is 16.3. The van der Waals surface area contributed by atoms with Crippen molar-refractivity contribution in [2.45, 2.75) is 27.3 Å². The summed E-state index contributed by atoms with van der Waals surface area (Å²) in [5, 5.41) is 0.730. The smallest absolute Gasteiger partial charge is 0.260 e. The van der Waals surface area contributed by atoms with Crippen molar-refractivity contribution >= 4 is 32.6 Å². The van der Waals surface area contributed by atoms with Crippen LogP contribution in [0, 0.1) is 20.8 Å². The molecule has 0 bridgehead atoms. The largest absolute Gasteiger partial charge is 0.279 e. The summed E-state index contributed by atoms with van der Waals surface area (Å²) < 4.78 is 1.10. The summed E-state index contributed by atoms with van der Waals surface area (Å²) in [4.78, 5) is 20.1. The number of carbonyl (C=O) groups is 1. The third kappa shape index (κ3) is 3.82. The zero-order valence-corrected chi connectivity index (χ0v) is 17.1. The Kier molecular flexibility index (Phi) is 4.97. The van der Waals surface area contributed by atoms with Gasteiger partial charge in [-0.15, -0.1) is 0 Å². The van der Waals surface area contributed by atoms with Gasteiger partial charge in [-0.3, -0.25) is 9.69 Å². The summed E-state index contributed by atoms with van der Waals surface area (Å²) in [5.41, 5.74) is 6.07. The van der Waals surface area contributed by atoms with Crippen LogP contribution in [0.1, 0.15) is 32.6 Å². The zero-order chi connectivity index (χ0) is 19.7. The molecule has 0 spiro atoms. The minimum Gasteiger partial charge on any atom is -0.279 e. The van der Waals surface area contributed by atoms with Gasteiger partial charge < -0.3 is 0 Å². The van der Waals surface area contributed by atoms with Crippen molar-refractivity contribution in [1.29, 1.82) is 0 Å².